The van der Waals surface area contributed by atoms with Crippen LogP contribution in [0.5, 0.6) is 0 Å². The Hall–Kier alpha value is -5.88. The molecular weight excluding hydrogens is 552 g/mol. The highest BCUT2D eigenvalue weighted by molar-refractivity contribution is 6.13. The number of pyridine rings is 2. The maximum atomic E-state index is 4.90. The fraction of sp³-hybridized carbons (Fsp3) is 0.0769. The highest BCUT2D eigenvalue weighted by atomic mass is 14.9. The lowest BCUT2D eigenvalue weighted by Crippen LogP contribution is -1.98. The second-order valence-electron chi connectivity index (χ2n) is 10.2. The second kappa shape index (κ2) is 14.5. The van der Waals surface area contributed by atoms with E-state index in [0.717, 1.165) is 67.0 Å². The fourth-order valence-electron chi connectivity index (χ4n) is 5.08. The number of aliphatic imine (C=N–C) groups is 2. The summed E-state index contributed by atoms with van der Waals surface area (Å²) in [6.45, 7) is 11.6. The monoisotopic (exact) mass is 586 g/mol. The zero-order chi connectivity index (χ0) is 31.6. The summed E-state index contributed by atoms with van der Waals surface area (Å²) < 4.78 is 0. The first-order chi connectivity index (χ1) is 22.0. The van der Waals surface area contributed by atoms with Crippen LogP contribution in [-0.2, 0) is 0 Å². The van der Waals surface area contributed by atoms with Gasteiger partial charge in [0, 0.05) is 72.7 Å². The Balaban J connectivity index is 1.72. The van der Waals surface area contributed by atoms with Crippen molar-refractivity contribution in [1.29, 1.82) is 0 Å². The lowest BCUT2D eigenvalue weighted by Gasteiger charge is -2.14. The van der Waals surface area contributed by atoms with Crippen molar-refractivity contribution in [1.82, 2.24) is 19.9 Å². The molecule has 3 aromatic heterocycles. The van der Waals surface area contributed by atoms with Gasteiger partial charge >= 0.3 is 0 Å². The van der Waals surface area contributed by atoms with Crippen LogP contribution in [0, 0.1) is 6.92 Å². The van der Waals surface area contributed by atoms with Crippen LogP contribution in [0.3, 0.4) is 0 Å². The number of allylic oxidation sites excluding steroid dienone is 5. The van der Waals surface area contributed by atoms with Crippen molar-refractivity contribution >= 4 is 23.6 Å². The van der Waals surface area contributed by atoms with Crippen LogP contribution in [0.4, 0.5) is 0 Å². The SMILES string of the molecule is C=C/C=C(\C=NC)c1cc(/C(C=NC=C)=C/C)cc(-c2cc(-c3cc(-c4cccnc4)cc(-c4cccnc4)c3)nc(C)n2)c1. The first-order valence-corrected chi connectivity index (χ1v) is 14.6. The van der Waals surface area contributed by atoms with E-state index in [4.69, 9.17) is 9.97 Å². The number of benzene rings is 2. The molecule has 0 aliphatic heterocycles. The van der Waals surface area contributed by atoms with Crippen molar-refractivity contribution in [3.05, 3.63) is 146 Å². The summed E-state index contributed by atoms with van der Waals surface area (Å²) in [6.07, 6.45) is 18.2. The van der Waals surface area contributed by atoms with Gasteiger partial charge in [0.1, 0.15) is 5.82 Å². The number of hydrogen-bond donors (Lipinski definition) is 0. The lowest BCUT2D eigenvalue weighted by molar-refractivity contribution is 1.06. The minimum atomic E-state index is 0.667. The summed E-state index contributed by atoms with van der Waals surface area (Å²) in [7, 11) is 1.76. The Morgan fingerprint density at radius 1 is 0.689 bits per heavy atom. The van der Waals surface area contributed by atoms with Gasteiger partial charge in [0.15, 0.2) is 0 Å². The normalized spacial score (nSPS) is 12.2. The molecule has 0 unspecified atom stereocenters. The molecule has 0 saturated carbocycles. The maximum Gasteiger partial charge on any atom is 0.126 e. The molecule has 6 heteroatoms. The molecule has 5 rings (SSSR count). The molecule has 6 nitrogen and oxygen atoms in total. The predicted molar refractivity (Wildman–Crippen MR) is 189 cm³/mol. The molecule has 0 amide bonds. The fourth-order valence-corrected chi connectivity index (χ4v) is 5.08. The van der Waals surface area contributed by atoms with Crippen molar-refractivity contribution in [2.24, 2.45) is 9.98 Å². The second-order valence-corrected chi connectivity index (χ2v) is 10.2. The zero-order valence-electron chi connectivity index (χ0n) is 25.7. The zero-order valence-corrected chi connectivity index (χ0v) is 25.7. The smallest absolute Gasteiger partial charge is 0.126 e. The minimum absolute atomic E-state index is 0.667. The third kappa shape index (κ3) is 7.37. The average molecular weight is 587 g/mol. The van der Waals surface area contributed by atoms with E-state index in [2.05, 4.69) is 81.6 Å². The molecule has 0 fully saturated rings. The summed E-state index contributed by atoms with van der Waals surface area (Å²) in [5.41, 5.74) is 11.5. The molecule has 2 aromatic carbocycles. The van der Waals surface area contributed by atoms with Gasteiger partial charge in [0.05, 0.1) is 11.4 Å². The van der Waals surface area contributed by atoms with Crippen molar-refractivity contribution in [3.8, 4) is 44.8 Å². The maximum absolute atomic E-state index is 4.90. The quantitative estimate of drug-likeness (QED) is 0.121. The topological polar surface area (TPSA) is 76.3 Å². The number of aromatic nitrogens is 4. The molecule has 0 aliphatic rings. The van der Waals surface area contributed by atoms with Crippen molar-refractivity contribution < 1.29 is 0 Å². The highest BCUT2D eigenvalue weighted by Crippen LogP contribution is 2.34. The van der Waals surface area contributed by atoms with Crippen LogP contribution in [-0.4, -0.2) is 39.4 Å². The van der Waals surface area contributed by atoms with Crippen molar-refractivity contribution in [2.75, 3.05) is 7.05 Å². The van der Waals surface area contributed by atoms with Gasteiger partial charge in [-0.1, -0.05) is 43.5 Å². The van der Waals surface area contributed by atoms with Gasteiger partial charge in [0.25, 0.3) is 0 Å². The van der Waals surface area contributed by atoms with E-state index in [-0.39, 0.29) is 0 Å². The Morgan fingerprint density at radius 3 is 1.78 bits per heavy atom. The summed E-state index contributed by atoms with van der Waals surface area (Å²) in [5, 5.41) is 0. The van der Waals surface area contributed by atoms with Gasteiger partial charge in [-0.3, -0.25) is 20.0 Å². The van der Waals surface area contributed by atoms with E-state index in [1.165, 1.54) is 6.20 Å². The average Bonchev–Trinajstić information content (AvgIpc) is 3.08. The van der Waals surface area contributed by atoms with Crippen LogP contribution in [0.25, 0.3) is 55.9 Å². The number of hydrogen-bond acceptors (Lipinski definition) is 6. The van der Waals surface area contributed by atoms with Crippen LogP contribution < -0.4 is 0 Å². The van der Waals surface area contributed by atoms with E-state index < -0.39 is 0 Å². The highest BCUT2D eigenvalue weighted by Gasteiger charge is 2.14. The first kappa shape index (κ1) is 30.6. The van der Waals surface area contributed by atoms with E-state index in [1.54, 1.807) is 31.7 Å². The molecule has 0 N–H and O–H groups in total. The van der Waals surface area contributed by atoms with Crippen LogP contribution in [0.1, 0.15) is 23.9 Å². The summed E-state index contributed by atoms with van der Waals surface area (Å²) in [6, 6.07) is 22.9. The third-order valence-electron chi connectivity index (χ3n) is 7.15. The standard InChI is InChI=1S/C39H34N6/c1-6-11-29(23-40-5)33-16-32(28(7-2)24-41-8-3)18-36(19-33)38-22-39(45-27(4)44-38)37-20-34(30-12-9-14-42-25-30)17-35(21-37)31-13-10-15-43-26-31/h6-26H,1,3H2,2,4-5H3/b28-7+,29-11+,40-23?,41-24?. The van der Waals surface area contributed by atoms with E-state index in [1.807, 2.05) is 62.8 Å². The summed E-state index contributed by atoms with van der Waals surface area (Å²) in [4.78, 5) is 27.1. The minimum Gasteiger partial charge on any atom is -0.296 e. The van der Waals surface area contributed by atoms with Crippen molar-refractivity contribution in [2.45, 2.75) is 13.8 Å². The van der Waals surface area contributed by atoms with Crippen LogP contribution in [0.2, 0.25) is 0 Å². The van der Waals surface area contributed by atoms with Gasteiger partial charge in [-0.2, -0.15) is 0 Å². The van der Waals surface area contributed by atoms with Gasteiger partial charge in [-0.05, 0) is 102 Å². The van der Waals surface area contributed by atoms with Crippen LogP contribution in [0.15, 0.2) is 139 Å². The third-order valence-corrected chi connectivity index (χ3v) is 7.15. The Labute approximate surface area is 264 Å². The molecule has 0 bridgehead atoms. The first-order valence-electron chi connectivity index (χ1n) is 14.6. The van der Waals surface area contributed by atoms with Crippen LogP contribution >= 0.6 is 0 Å². The van der Waals surface area contributed by atoms with E-state index in [9.17, 15) is 0 Å². The largest absolute Gasteiger partial charge is 0.296 e. The number of nitrogens with zero attached hydrogens (tertiary/aromatic N) is 6. The van der Waals surface area contributed by atoms with Crippen molar-refractivity contribution in [3.63, 3.8) is 0 Å². The number of rotatable bonds is 10. The molecular formula is C39H34N6. The molecule has 0 atom stereocenters. The van der Waals surface area contributed by atoms with Gasteiger partial charge in [0.2, 0.25) is 0 Å². The lowest BCUT2D eigenvalue weighted by atomic mass is 9.93. The van der Waals surface area contributed by atoms with Gasteiger partial charge in [-0.25, -0.2) is 9.97 Å². The van der Waals surface area contributed by atoms with E-state index >= 15 is 0 Å². The summed E-state index contributed by atoms with van der Waals surface area (Å²) >= 11 is 0. The number of aryl methyl sites for hydroxylation is 1. The molecule has 0 spiro atoms. The molecule has 0 saturated heterocycles. The van der Waals surface area contributed by atoms with E-state index in [0.29, 0.717) is 5.82 Å². The molecule has 3 heterocycles. The molecule has 220 valence electrons. The van der Waals surface area contributed by atoms with Gasteiger partial charge in [-0.15, -0.1) is 0 Å². The molecule has 5 aromatic rings. The molecule has 45 heavy (non-hydrogen) atoms. The molecule has 0 aliphatic carbocycles. The Bertz CT molecular complexity index is 1890. The summed E-state index contributed by atoms with van der Waals surface area (Å²) in [5.74, 6) is 0.667. The molecule has 0 radical (unpaired) electrons. The Morgan fingerprint density at radius 2 is 1.27 bits per heavy atom. The Kier molecular flexibility index (Phi) is 9.87. The predicted octanol–water partition coefficient (Wildman–Crippen LogP) is 9.13. The van der Waals surface area contributed by atoms with Gasteiger partial charge < -0.3 is 0 Å².